The zero-order chi connectivity index (χ0) is 18.6. The van der Waals surface area contributed by atoms with Crippen molar-refractivity contribution >= 4 is 27.5 Å². The average molecular weight is 367 g/mol. The van der Waals surface area contributed by atoms with E-state index in [4.69, 9.17) is 0 Å². The first-order chi connectivity index (χ1) is 11.7. The smallest absolute Gasteiger partial charge is 0.240 e. The minimum atomic E-state index is -3.63. The van der Waals surface area contributed by atoms with E-state index in [0.29, 0.717) is 31.6 Å². The molecule has 1 aromatic rings. The van der Waals surface area contributed by atoms with Crippen LogP contribution in [0.3, 0.4) is 0 Å². The first-order valence-electron chi connectivity index (χ1n) is 8.38. The number of nitrogens with zero attached hydrogens (tertiary/aromatic N) is 1. The molecule has 0 atom stereocenters. The van der Waals surface area contributed by atoms with Crippen LogP contribution in [0.1, 0.15) is 33.6 Å². The summed E-state index contributed by atoms with van der Waals surface area (Å²) in [7, 11) is -3.63. The maximum atomic E-state index is 12.5. The van der Waals surface area contributed by atoms with Crippen LogP contribution >= 0.6 is 0 Å². The first-order valence-corrected chi connectivity index (χ1v) is 9.86. The Morgan fingerprint density at radius 3 is 2.16 bits per heavy atom. The van der Waals surface area contributed by atoms with E-state index in [1.807, 2.05) is 13.8 Å². The van der Waals surface area contributed by atoms with E-state index in [9.17, 15) is 18.0 Å². The number of rotatable bonds is 5. The molecule has 2 N–H and O–H groups in total. The minimum absolute atomic E-state index is 0.0460. The van der Waals surface area contributed by atoms with E-state index in [1.165, 1.54) is 19.1 Å². The number of hydrogen-bond acceptors (Lipinski definition) is 4. The van der Waals surface area contributed by atoms with Gasteiger partial charge < -0.3 is 10.2 Å². The van der Waals surface area contributed by atoms with E-state index in [1.54, 1.807) is 17.0 Å². The SMILES string of the molecule is CC(=O)Nc1ccc(S(=O)(=O)NC2CCN(C(=O)C(C)C)CC2)cc1. The lowest BCUT2D eigenvalue weighted by molar-refractivity contribution is -0.135. The molecule has 1 aromatic carbocycles. The van der Waals surface area contributed by atoms with Gasteiger partial charge >= 0.3 is 0 Å². The van der Waals surface area contributed by atoms with Crippen LogP contribution in [0.15, 0.2) is 29.2 Å². The molecule has 0 radical (unpaired) electrons. The molecule has 2 amide bonds. The minimum Gasteiger partial charge on any atom is -0.342 e. The van der Waals surface area contributed by atoms with E-state index in [0.717, 1.165) is 0 Å². The van der Waals surface area contributed by atoms with E-state index < -0.39 is 10.0 Å². The van der Waals surface area contributed by atoms with Gasteiger partial charge in [0.15, 0.2) is 0 Å². The van der Waals surface area contributed by atoms with Crippen molar-refractivity contribution < 1.29 is 18.0 Å². The molecule has 2 rings (SSSR count). The van der Waals surface area contributed by atoms with E-state index in [-0.39, 0.29) is 28.7 Å². The topological polar surface area (TPSA) is 95.6 Å². The Bertz CT molecular complexity index is 721. The highest BCUT2D eigenvalue weighted by Crippen LogP contribution is 2.18. The van der Waals surface area contributed by atoms with Gasteiger partial charge in [-0.05, 0) is 37.1 Å². The average Bonchev–Trinajstić information content (AvgIpc) is 2.54. The Balaban J connectivity index is 1.96. The monoisotopic (exact) mass is 367 g/mol. The Kier molecular flexibility index (Phi) is 6.18. The summed E-state index contributed by atoms with van der Waals surface area (Å²) in [6.07, 6.45) is 1.20. The third kappa shape index (κ3) is 5.27. The molecule has 1 fully saturated rings. The number of sulfonamides is 1. The number of nitrogens with one attached hydrogen (secondary N) is 2. The fourth-order valence-corrected chi connectivity index (χ4v) is 4.10. The zero-order valence-electron chi connectivity index (χ0n) is 14.8. The van der Waals surface area contributed by atoms with E-state index in [2.05, 4.69) is 10.0 Å². The van der Waals surface area contributed by atoms with Crippen LogP contribution in [-0.4, -0.2) is 44.3 Å². The molecule has 0 bridgehead atoms. The van der Waals surface area contributed by atoms with Crippen molar-refractivity contribution in [2.45, 2.75) is 44.6 Å². The fourth-order valence-electron chi connectivity index (χ4n) is 2.79. The number of amides is 2. The largest absolute Gasteiger partial charge is 0.342 e. The Labute approximate surface area is 148 Å². The first kappa shape index (κ1) is 19.4. The van der Waals surface area contributed by atoms with Crippen LogP contribution in [0.5, 0.6) is 0 Å². The van der Waals surface area contributed by atoms with Crippen LogP contribution < -0.4 is 10.0 Å². The summed E-state index contributed by atoms with van der Waals surface area (Å²) in [5, 5.41) is 2.60. The molecule has 7 nitrogen and oxygen atoms in total. The number of carbonyl (C=O) groups excluding carboxylic acids is 2. The van der Waals surface area contributed by atoms with Crippen molar-refractivity contribution in [2.75, 3.05) is 18.4 Å². The number of piperidine rings is 1. The zero-order valence-corrected chi connectivity index (χ0v) is 15.6. The number of benzene rings is 1. The second kappa shape index (κ2) is 7.97. The molecular formula is C17H25N3O4S. The molecule has 138 valence electrons. The molecule has 0 spiro atoms. The van der Waals surface area contributed by atoms with Gasteiger partial charge in [-0.1, -0.05) is 13.8 Å². The molecule has 1 heterocycles. The van der Waals surface area contributed by atoms with Crippen molar-refractivity contribution in [3.63, 3.8) is 0 Å². The summed E-state index contributed by atoms with van der Waals surface area (Å²) in [6, 6.07) is 5.85. The van der Waals surface area contributed by atoms with Crippen molar-refractivity contribution in [1.29, 1.82) is 0 Å². The Hall–Kier alpha value is -1.93. The maximum absolute atomic E-state index is 12.5. The molecule has 1 aliphatic heterocycles. The summed E-state index contributed by atoms with van der Waals surface area (Å²) in [5.41, 5.74) is 0.548. The van der Waals surface area contributed by atoms with Crippen molar-refractivity contribution in [2.24, 2.45) is 5.92 Å². The molecule has 8 heteroatoms. The van der Waals surface area contributed by atoms with Crippen molar-refractivity contribution in [3.8, 4) is 0 Å². The second-order valence-corrected chi connectivity index (χ2v) is 8.30. The molecule has 0 saturated carbocycles. The lowest BCUT2D eigenvalue weighted by Crippen LogP contribution is -2.47. The van der Waals surface area contributed by atoms with Gasteiger partial charge in [0.1, 0.15) is 0 Å². The number of carbonyl (C=O) groups is 2. The quantitative estimate of drug-likeness (QED) is 0.826. The summed E-state index contributed by atoms with van der Waals surface area (Å²) in [6.45, 7) is 6.24. The van der Waals surface area contributed by atoms with Crippen LogP contribution in [0, 0.1) is 5.92 Å². The molecule has 0 aromatic heterocycles. The van der Waals surface area contributed by atoms with Crippen LogP contribution in [-0.2, 0) is 19.6 Å². The van der Waals surface area contributed by atoms with Crippen LogP contribution in [0.2, 0.25) is 0 Å². The number of hydrogen-bond donors (Lipinski definition) is 2. The standard InChI is InChI=1S/C17H25N3O4S/c1-12(2)17(22)20-10-8-15(9-11-20)19-25(23,24)16-6-4-14(5-7-16)18-13(3)21/h4-7,12,15,19H,8-11H2,1-3H3,(H,18,21). The van der Waals surface area contributed by atoms with Gasteiger partial charge in [0.2, 0.25) is 21.8 Å². The summed E-state index contributed by atoms with van der Waals surface area (Å²) in [5.74, 6) is -0.151. The molecule has 1 saturated heterocycles. The highest BCUT2D eigenvalue weighted by atomic mass is 32.2. The number of likely N-dealkylation sites (tertiary alicyclic amines) is 1. The molecule has 0 aliphatic carbocycles. The van der Waals surface area contributed by atoms with Gasteiger partial charge in [0, 0.05) is 37.7 Å². The van der Waals surface area contributed by atoms with Crippen molar-refractivity contribution in [3.05, 3.63) is 24.3 Å². The van der Waals surface area contributed by atoms with Crippen LogP contribution in [0.25, 0.3) is 0 Å². The lowest BCUT2D eigenvalue weighted by atomic mass is 10.0. The summed E-state index contributed by atoms with van der Waals surface area (Å²) >= 11 is 0. The summed E-state index contributed by atoms with van der Waals surface area (Å²) in [4.78, 5) is 24.9. The van der Waals surface area contributed by atoms with Crippen molar-refractivity contribution in [1.82, 2.24) is 9.62 Å². The van der Waals surface area contributed by atoms with Gasteiger partial charge in [-0.25, -0.2) is 13.1 Å². The fraction of sp³-hybridized carbons (Fsp3) is 0.529. The normalized spacial score (nSPS) is 16.1. The van der Waals surface area contributed by atoms with Gasteiger partial charge in [-0.15, -0.1) is 0 Å². The lowest BCUT2D eigenvalue weighted by Gasteiger charge is -2.33. The van der Waals surface area contributed by atoms with Gasteiger partial charge in [-0.3, -0.25) is 9.59 Å². The highest BCUT2D eigenvalue weighted by Gasteiger charge is 2.27. The van der Waals surface area contributed by atoms with E-state index >= 15 is 0 Å². The molecule has 0 unspecified atom stereocenters. The third-order valence-electron chi connectivity index (χ3n) is 4.11. The predicted molar refractivity (Wildman–Crippen MR) is 95.5 cm³/mol. The highest BCUT2D eigenvalue weighted by molar-refractivity contribution is 7.89. The molecular weight excluding hydrogens is 342 g/mol. The maximum Gasteiger partial charge on any atom is 0.240 e. The second-order valence-electron chi connectivity index (χ2n) is 6.58. The Morgan fingerprint density at radius 2 is 1.68 bits per heavy atom. The summed E-state index contributed by atoms with van der Waals surface area (Å²) < 4.78 is 27.7. The Morgan fingerprint density at radius 1 is 1.12 bits per heavy atom. The van der Waals surface area contributed by atoms with Crippen LogP contribution in [0.4, 0.5) is 5.69 Å². The molecule has 1 aliphatic rings. The number of anilines is 1. The third-order valence-corrected chi connectivity index (χ3v) is 5.64. The molecule has 25 heavy (non-hydrogen) atoms. The van der Waals surface area contributed by atoms with Gasteiger partial charge in [-0.2, -0.15) is 0 Å². The van der Waals surface area contributed by atoms with Gasteiger partial charge in [0.25, 0.3) is 0 Å². The predicted octanol–water partition coefficient (Wildman–Crippen LogP) is 1.57. The van der Waals surface area contributed by atoms with Gasteiger partial charge in [0.05, 0.1) is 4.90 Å².